The van der Waals surface area contributed by atoms with E-state index in [9.17, 15) is 5.26 Å². The summed E-state index contributed by atoms with van der Waals surface area (Å²) in [7, 11) is 0. The van der Waals surface area contributed by atoms with Gasteiger partial charge in [-0.25, -0.2) is 0 Å². The maximum absolute atomic E-state index is 9.60. The lowest BCUT2D eigenvalue weighted by atomic mass is 10.0. The molecule has 2 aliphatic carbocycles. The van der Waals surface area contributed by atoms with Gasteiger partial charge in [0.15, 0.2) is 0 Å². The molecular formula is C13H20N2O. The Morgan fingerprint density at radius 2 is 1.69 bits per heavy atom. The zero-order chi connectivity index (χ0) is 11.0. The quantitative estimate of drug-likeness (QED) is 0.676. The van der Waals surface area contributed by atoms with E-state index in [1.54, 1.807) is 0 Å². The highest BCUT2D eigenvalue weighted by atomic mass is 16.5. The van der Waals surface area contributed by atoms with E-state index in [4.69, 9.17) is 4.74 Å². The second-order valence-electron chi connectivity index (χ2n) is 5.39. The van der Waals surface area contributed by atoms with Crippen LogP contribution >= 0.6 is 0 Å². The first-order chi connectivity index (χ1) is 7.89. The van der Waals surface area contributed by atoms with Crippen LogP contribution in [0.15, 0.2) is 0 Å². The highest BCUT2D eigenvalue weighted by Gasteiger charge is 2.67. The Morgan fingerprint density at radius 1 is 1.06 bits per heavy atom. The number of fused-ring (bicyclic) bond motifs is 1. The van der Waals surface area contributed by atoms with Crippen LogP contribution in [0.25, 0.3) is 0 Å². The average molecular weight is 220 g/mol. The van der Waals surface area contributed by atoms with Crippen molar-refractivity contribution < 1.29 is 4.74 Å². The van der Waals surface area contributed by atoms with Gasteiger partial charge in [0, 0.05) is 13.1 Å². The normalized spacial score (nSPS) is 44.2. The Bertz CT molecular complexity index is 292. The molecule has 0 aromatic heterocycles. The Hall–Kier alpha value is -0.590. The fourth-order valence-electron chi connectivity index (χ4n) is 3.91. The van der Waals surface area contributed by atoms with Gasteiger partial charge >= 0.3 is 0 Å². The van der Waals surface area contributed by atoms with Crippen LogP contribution < -0.4 is 0 Å². The fraction of sp³-hybridized carbons (Fsp3) is 0.923. The van der Waals surface area contributed by atoms with Crippen LogP contribution in [0.4, 0.5) is 0 Å². The first-order valence-electron chi connectivity index (χ1n) is 6.63. The molecule has 0 amide bonds. The third-order valence-corrected chi connectivity index (χ3v) is 4.75. The topological polar surface area (TPSA) is 36.3 Å². The van der Waals surface area contributed by atoms with Crippen LogP contribution in [0, 0.1) is 23.2 Å². The van der Waals surface area contributed by atoms with Crippen molar-refractivity contribution in [1.82, 2.24) is 4.90 Å². The molecule has 0 bridgehead atoms. The third kappa shape index (κ3) is 1.40. The predicted octanol–water partition coefficient (Wildman–Crippen LogP) is 1.79. The molecule has 1 aliphatic heterocycles. The minimum Gasteiger partial charge on any atom is -0.379 e. The first-order valence-corrected chi connectivity index (χ1v) is 6.63. The van der Waals surface area contributed by atoms with Gasteiger partial charge in [-0.3, -0.25) is 4.90 Å². The summed E-state index contributed by atoms with van der Waals surface area (Å²) in [6.07, 6.45) is 6.58. The number of morpholine rings is 1. The molecular weight excluding hydrogens is 200 g/mol. The molecule has 88 valence electrons. The van der Waals surface area contributed by atoms with Gasteiger partial charge in [-0.05, 0) is 24.7 Å². The van der Waals surface area contributed by atoms with Gasteiger partial charge < -0.3 is 4.74 Å². The number of nitriles is 1. The molecule has 0 aromatic rings. The molecule has 0 aromatic carbocycles. The van der Waals surface area contributed by atoms with Crippen molar-refractivity contribution in [3.05, 3.63) is 0 Å². The van der Waals surface area contributed by atoms with Gasteiger partial charge in [0.1, 0.15) is 5.54 Å². The molecule has 3 aliphatic rings. The molecule has 3 rings (SSSR count). The lowest BCUT2D eigenvalue weighted by Crippen LogP contribution is -2.46. The average Bonchev–Trinajstić information content (AvgIpc) is 3.02. The molecule has 0 N–H and O–H groups in total. The molecule has 0 radical (unpaired) electrons. The number of rotatable bonds is 1. The van der Waals surface area contributed by atoms with Crippen molar-refractivity contribution in [3.63, 3.8) is 0 Å². The zero-order valence-corrected chi connectivity index (χ0v) is 9.82. The summed E-state index contributed by atoms with van der Waals surface area (Å²) >= 11 is 0. The molecule has 3 fully saturated rings. The van der Waals surface area contributed by atoms with E-state index < -0.39 is 0 Å². The van der Waals surface area contributed by atoms with E-state index in [2.05, 4.69) is 11.0 Å². The molecule has 1 heterocycles. The van der Waals surface area contributed by atoms with E-state index in [1.807, 2.05) is 0 Å². The van der Waals surface area contributed by atoms with Crippen LogP contribution in [0.3, 0.4) is 0 Å². The maximum atomic E-state index is 9.60. The minimum atomic E-state index is -0.0931. The lowest BCUT2D eigenvalue weighted by molar-refractivity contribution is 0.0146. The maximum Gasteiger partial charge on any atom is 0.115 e. The Kier molecular flexibility index (Phi) is 2.65. The summed E-state index contributed by atoms with van der Waals surface area (Å²) < 4.78 is 5.39. The smallest absolute Gasteiger partial charge is 0.115 e. The standard InChI is InChI=1S/C13H20N2O/c14-10-13(15-6-8-16-9-7-15)11-4-2-1-3-5-12(11)13/h11-12H,1-9H2. The molecule has 2 unspecified atom stereocenters. The summed E-state index contributed by atoms with van der Waals surface area (Å²) in [5, 5.41) is 9.60. The molecule has 1 saturated heterocycles. The highest BCUT2D eigenvalue weighted by Crippen LogP contribution is 2.60. The second kappa shape index (κ2) is 4.01. The van der Waals surface area contributed by atoms with E-state index >= 15 is 0 Å². The minimum absolute atomic E-state index is 0.0931. The second-order valence-corrected chi connectivity index (χ2v) is 5.39. The van der Waals surface area contributed by atoms with Gasteiger partial charge in [0.2, 0.25) is 0 Å². The van der Waals surface area contributed by atoms with Gasteiger partial charge in [-0.15, -0.1) is 0 Å². The van der Waals surface area contributed by atoms with Crippen LogP contribution in [0.2, 0.25) is 0 Å². The molecule has 16 heavy (non-hydrogen) atoms. The zero-order valence-electron chi connectivity index (χ0n) is 9.82. The summed E-state index contributed by atoms with van der Waals surface area (Å²) in [5.74, 6) is 1.33. The molecule has 2 saturated carbocycles. The van der Waals surface area contributed by atoms with E-state index in [0.29, 0.717) is 11.8 Å². The Balaban J connectivity index is 1.77. The summed E-state index contributed by atoms with van der Waals surface area (Å²) in [6, 6.07) is 2.66. The predicted molar refractivity (Wildman–Crippen MR) is 60.8 cm³/mol. The SMILES string of the molecule is N#CC1(N2CCOCC2)C2CCCCCC21. The number of ether oxygens (including phenoxy) is 1. The number of hydrogen-bond donors (Lipinski definition) is 0. The van der Waals surface area contributed by atoms with Crippen LogP contribution in [0.5, 0.6) is 0 Å². The Labute approximate surface area is 97.4 Å². The van der Waals surface area contributed by atoms with Crippen LogP contribution in [0.1, 0.15) is 32.1 Å². The van der Waals surface area contributed by atoms with Crippen molar-refractivity contribution in [2.45, 2.75) is 37.6 Å². The van der Waals surface area contributed by atoms with Gasteiger partial charge in [-0.1, -0.05) is 19.3 Å². The van der Waals surface area contributed by atoms with E-state index in [1.165, 1.54) is 32.1 Å². The molecule has 3 nitrogen and oxygen atoms in total. The highest BCUT2D eigenvalue weighted by molar-refractivity contribution is 5.30. The van der Waals surface area contributed by atoms with Crippen molar-refractivity contribution in [1.29, 1.82) is 5.26 Å². The molecule has 2 atom stereocenters. The third-order valence-electron chi connectivity index (χ3n) is 4.75. The first kappa shape index (κ1) is 10.6. The van der Waals surface area contributed by atoms with Crippen LogP contribution in [-0.4, -0.2) is 36.7 Å². The summed E-state index contributed by atoms with van der Waals surface area (Å²) in [6.45, 7) is 3.53. The summed E-state index contributed by atoms with van der Waals surface area (Å²) in [4.78, 5) is 2.41. The fourth-order valence-corrected chi connectivity index (χ4v) is 3.91. The van der Waals surface area contributed by atoms with Gasteiger partial charge in [-0.2, -0.15) is 5.26 Å². The lowest BCUT2D eigenvalue weighted by Gasteiger charge is -2.32. The van der Waals surface area contributed by atoms with Crippen molar-refractivity contribution in [2.75, 3.05) is 26.3 Å². The van der Waals surface area contributed by atoms with Gasteiger partial charge in [0.25, 0.3) is 0 Å². The van der Waals surface area contributed by atoms with Crippen molar-refractivity contribution in [2.24, 2.45) is 11.8 Å². The number of nitrogens with zero attached hydrogens (tertiary/aromatic N) is 2. The number of hydrogen-bond acceptors (Lipinski definition) is 3. The van der Waals surface area contributed by atoms with Crippen molar-refractivity contribution >= 4 is 0 Å². The van der Waals surface area contributed by atoms with E-state index in [0.717, 1.165) is 26.3 Å². The van der Waals surface area contributed by atoms with Crippen LogP contribution in [-0.2, 0) is 4.74 Å². The van der Waals surface area contributed by atoms with Crippen molar-refractivity contribution in [3.8, 4) is 6.07 Å². The monoisotopic (exact) mass is 220 g/mol. The molecule has 3 heteroatoms. The molecule has 0 spiro atoms. The summed E-state index contributed by atoms with van der Waals surface area (Å²) in [5.41, 5.74) is -0.0931. The van der Waals surface area contributed by atoms with Gasteiger partial charge in [0.05, 0.1) is 19.3 Å². The Morgan fingerprint density at radius 3 is 2.25 bits per heavy atom. The largest absolute Gasteiger partial charge is 0.379 e. The van der Waals surface area contributed by atoms with E-state index in [-0.39, 0.29) is 5.54 Å².